The number of carbonyl (C=O) groups is 3. The van der Waals surface area contributed by atoms with Gasteiger partial charge in [-0.1, -0.05) is 26.0 Å². The van der Waals surface area contributed by atoms with Crippen LogP contribution in [0, 0.1) is 17.8 Å². The maximum absolute atomic E-state index is 14.1. The summed E-state index contributed by atoms with van der Waals surface area (Å²) in [7, 11) is 0. The van der Waals surface area contributed by atoms with Crippen molar-refractivity contribution < 1.29 is 24.2 Å². The fourth-order valence-electron chi connectivity index (χ4n) is 6.66. The van der Waals surface area contributed by atoms with E-state index in [1.54, 1.807) is 28.9 Å². The Bertz CT molecular complexity index is 875. The number of amides is 3. The molecule has 1 spiro atoms. The number of aliphatic hydroxyl groups excluding tert-OH is 1. The van der Waals surface area contributed by atoms with E-state index in [0.29, 0.717) is 26.1 Å². The number of likely N-dealkylation sites (tertiary alicyclic amines) is 1. The standard InChI is InChI=1S/C27H43N3O5/c1-9-12-28(13-10-2)23(32)20-21-24(33)30(19(7)16-31)22(25(34)29(14-11-3)17(4)5)27(21)15-18(6)26(20,8)35-27/h9,11,17-22,31H,1,3,10,12-16H2,2,4-8H3/t18?,19-,20+,21+,22?,26-,27?/m1/s1. The summed E-state index contributed by atoms with van der Waals surface area (Å²) in [6, 6.07) is -1.62. The summed E-state index contributed by atoms with van der Waals surface area (Å²) >= 11 is 0. The van der Waals surface area contributed by atoms with E-state index < -0.39 is 35.1 Å². The van der Waals surface area contributed by atoms with Crippen LogP contribution in [0.5, 0.6) is 0 Å². The average Bonchev–Trinajstić information content (AvgIpc) is 3.32. The third-order valence-electron chi connectivity index (χ3n) is 8.38. The molecular formula is C27H43N3O5. The van der Waals surface area contributed by atoms with Gasteiger partial charge in [0.2, 0.25) is 17.7 Å². The Kier molecular flexibility index (Phi) is 7.87. The molecule has 196 valence electrons. The minimum absolute atomic E-state index is 0.0284. The molecule has 3 fully saturated rings. The second-order valence-corrected chi connectivity index (χ2v) is 10.9. The van der Waals surface area contributed by atoms with Gasteiger partial charge in [0.1, 0.15) is 11.6 Å². The molecule has 35 heavy (non-hydrogen) atoms. The zero-order valence-electron chi connectivity index (χ0n) is 22.2. The molecule has 7 atom stereocenters. The quantitative estimate of drug-likeness (QED) is 0.450. The summed E-state index contributed by atoms with van der Waals surface area (Å²) in [5, 5.41) is 10.0. The minimum Gasteiger partial charge on any atom is -0.394 e. The molecule has 0 saturated carbocycles. The first-order chi connectivity index (χ1) is 16.5. The molecule has 0 aliphatic carbocycles. The molecule has 1 N–H and O–H groups in total. The number of aliphatic hydroxyl groups is 1. The SMILES string of the molecule is C=CCN(CCC)C(=O)[C@@H]1[C@H]2C(=O)N([C@H](C)CO)C(C(=O)N(CC=C)C(C)C)C23CC(C)[C@@]1(C)O3. The lowest BCUT2D eigenvalue weighted by atomic mass is 9.62. The lowest BCUT2D eigenvalue weighted by molar-refractivity contribution is -0.158. The van der Waals surface area contributed by atoms with Crippen LogP contribution < -0.4 is 0 Å². The molecule has 0 radical (unpaired) electrons. The fourth-order valence-corrected chi connectivity index (χ4v) is 6.66. The van der Waals surface area contributed by atoms with Gasteiger partial charge in [-0.15, -0.1) is 13.2 Å². The van der Waals surface area contributed by atoms with Crippen molar-refractivity contribution in [1.29, 1.82) is 0 Å². The van der Waals surface area contributed by atoms with E-state index in [9.17, 15) is 19.5 Å². The summed E-state index contributed by atoms with van der Waals surface area (Å²) < 4.78 is 6.77. The lowest BCUT2D eigenvalue weighted by Crippen LogP contribution is -2.59. The van der Waals surface area contributed by atoms with E-state index in [-0.39, 0.29) is 36.3 Å². The van der Waals surface area contributed by atoms with Crippen LogP contribution in [0.2, 0.25) is 0 Å². The molecule has 3 heterocycles. The zero-order chi connectivity index (χ0) is 26.3. The van der Waals surface area contributed by atoms with Gasteiger partial charge in [-0.25, -0.2) is 0 Å². The molecule has 3 saturated heterocycles. The van der Waals surface area contributed by atoms with Gasteiger partial charge in [-0.3, -0.25) is 14.4 Å². The van der Waals surface area contributed by atoms with Gasteiger partial charge in [0, 0.05) is 25.7 Å². The van der Waals surface area contributed by atoms with Gasteiger partial charge >= 0.3 is 0 Å². The smallest absolute Gasteiger partial charge is 0.248 e. The third kappa shape index (κ3) is 4.02. The predicted molar refractivity (Wildman–Crippen MR) is 134 cm³/mol. The van der Waals surface area contributed by atoms with E-state index in [4.69, 9.17) is 4.74 Å². The number of hydrogen-bond acceptors (Lipinski definition) is 5. The van der Waals surface area contributed by atoms with Crippen molar-refractivity contribution in [2.75, 3.05) is 26.2 Å². The first-order valence-electron chi connectivity index (χ1n) is 12.9. The summed E-state index contributed by atoms with van der Waals surface area (Å²) in [5.74, 6) is -2.14. The van der Waals surface area contributed by atoms with Crippen LogP contribution in [0.3, 0.4) is 0 Å². The Labute approximate surface area is 210 Å². The van der Waals surface area contributed by atoms with Crippen molar-refractivity contribution in [3.63, 3.8) is 0 Å². The lowest BCUT2D eigenvalue weighted by Gasteiger charge is -2.40. The molecule has 3 aliphatic heterocycles. The van der Waals surface area contributed by atoms with Crippen LogP contribution in [0.15, 0.2) is 25.3 Å². The van der Waals surface area contributed by atoms with Gasteiger partial charge in [0.05, 0.1) is 30.1 Å². The van der Waals surface area contributed by atoms with Crippen molar-refractivity contribution in [2.45, 2.75) is 83.7 Å². The molecule has 3 unspecified atom stereocenters. The van der Waals surface area contributed by atoms with E-state index in [1.165, 1.54) is 4.90 Å². The van der Waals surface area contributed by atoms with Gasteiger partial charge in [-0.2, -0.15) is 0 Å². The van der Waals surface area contributed by atoms with Gasteiger partial charge in [-0.05, 0) is 46.5 Å². The molecule has 8 nitrogen and oxygen atoms in total. The Morgan fingerprint density at radius 2 is 1.86 bits per heavy atom. The van der Waals surface area contributed by atoms with Crippen molar-refractivity contribution >= 4 is 17.7 Å². The fraction of sp³-hybridized carbons (Fsp3) is 0.741. The van der Waals surface area contributed by atoms with Crippen LogP contribution in [-0.2, 0) is 19.1 Å². The van der Waals surface area contributed by atoms with Crippen molar-refractivity contribution in [3.8, 4) is 0 Å². The van der Waals surface area contributed by atoms with E-state index in [0.717, 1.165) is 6.42 Å². The number of fused-ring (bicyclic) bond motifs is 1. The highest BCUT2D eigenvalue weighted by atomic mass is 16.5. The molecule has 3 rings (SSSR count). The largest absolute Gasteiger partial charge is 0.394 e. The van der Waals surface area contributed by atoms with Crippen LogP contribution in [-0.4, -0.2) is 93.1 Å². The molecule has 2 bridgehead atoms. The number of ether oxygens (including phenoxy) is 1. The minimum atomic E-state index is -1.12. The van der Waals surface area contributed by atoms with Gasteiger partial charge < -0.3 is 24.5 Å². The number of hydrogen-bond donors (Lipinski definition) is 1. The Hall–Kier alpha value is -2.19. The molecule has 0 aromatic rings. The van der Waals surface area contributed by atoms with Crippen molar-refractivity contribution in [3.05, 3.63) is 25.3 Å². The monoisotopic (exact) mass is 489 g/mol. The summed E-state index contributed by atoms with van der Waals surface area (Å²) in [4.78, 5) is 47.1. The first-order valence-corrected chi connectivity index (χ1v) is 12.9. The van der Waals surface area contributed by atoms with Gasteiger partial charge in [0.15, 0.2) is 0 Å². The highest BCUT2D eigenvalue weighted by Gasteiger charge is 2.80. The zero-order valence-corrected chi connectivity index (χ0v) is 22.2. The van der Waals surface area contributed by atoms with Crippen LogP contribution in [0.25, 0.3) is 0 Å². The van der Waals surface area contributed by atoms with Crippen molar-refractivity contribution in [2.24, 2.45) is 17.8 Å². The van der Waals surface area contributed by atoms with Crippen LogP contribution in [0.1, 0.15) is 54.4 Å². The molecule has 3 aliphatic rings. The number of nitrogens with zero attached hydrogens (tertiary/aromatic N) is 3. The highest BCUT2D eigenvalue weighted by Crippen LogP contribution is 2.65. The Balaban J connectivity index is 2.16. The average molecular weight is 490 g/mol. The summed E-state index contributed by atoms with van der Waals surface area (Å²) in [6.45, 7) is 20.1. The molecule has 3 amide bonds. The number of carbonyl (C=O) groups excluding carboxylic acids is 3. The number of rotatable bonds is 11. The van der Waals surface area contributed by atoms with E-state index in [1.807, 2.05) is 34.6 Å². The third-order valence-corrected chi connectivity index (χ3v) is 8.38. The molecule has 0 aromatic heterocycles. The van der Waals surface area contributed by atoms with E-state index >= 15 is 0 Å². The summed E-state index contributed by atoms with van der Waals surface area (Å²) in [6.07, 6.45) is 4.65. The predicted octanol–water partition coefficient (Wildman–Crippen LogP) is 2.23. The molecule has 8 heteroatoms. The van der Waals surface area contributed by atoms with Gasteiger partial charge in [0.25, 0.3) is 0 Å². The van der Waals surface area contributed by atoms with E-state index in [2.05, 4.69) is 13.2 Å². The van der Waals surface area contributed by atoms with Crippen LogP contribution >= 0.6 is 0 Å². The van der Waals surface area contributed by atoms with Crippen molar-refractivity contribution in [1.82, 2.24) is 14.7 Å². The maximum atomic E-state index is 14.1. The second-order valence-electron chi connectivity index (χ2n) is 10.9. The topological polar surface area (TPSA) is 90.4 Å². The molecule has 0 aromatic carbocycles. The Morgan fingerprint density at radius 3 is 2.37 bits per heavy atom. The normalized spacial score (nSPS) is 34.2. The van der Waals surface area contributed by atoms with Crippen LogP contribution in [0.4, 0.5) is 0 Å². The maximum Gasteiger partial charge on any atom is 0.248 e. The summed E-state index contributed by atoms with van der Waals surface area (Å²) in [5.41, 5.74) is -1.98. The molecular weight excluding hydrogens is 446 g/mol. The highest BCUT2D eigenvalue weighted by molar-refractivity contribution is 5.99. The second kappa shape index (κ2) is 10.1. The first kappa shape index (κ1) is 27.4. The Morgan fingerprint density at radius 1 is 1.23 bits per heavy atom.